The molecule has 1 atom stereocenters. The zero-order valence-corrected chi connectivity index (χ0v) is 38.5. The minimum absolute atomic E-state index is 0.0466. The zero-order valence-electron chi connectivity index (χ0n) is 36.8. The number of nitrogens with one attached hydrogen (secondary N) is 3. The van der Waals surface area contributed by atoms with Gasteiger partial charge >= 0.3 is 0 Å². The Morgan fingerprint density at radius 2 is 0.984 bits per heavy atom. The summed E-state index contributed by atoms with van der Waals surface area (Å²) in [6, 6.07) is 36.3. The van der Waals surface area contributed by atoms with E-state index in [9.17, 15) is 16.8 Å². The molecule has 6 aromatic rings. The average Bonchev–Trinajstić information content (AvgIpc) is 3.28. The molecule has 14 nitrogen and oxygen atoms in total. The highest BCUT2D eigenvalue weighted by Crippen LogP contribution is 2.32. The predicted octanol–water partition coefficient (Wildman–Crippen LogP) is 5.96. The summed E-state index contributed by atoms with van der Waals surface area (Å²) in [6.07, 6.45) is 0.309. The standard InChI is InChI=1S/C48H58N6O8S2/c1-52(2)41-17-9-15-39-37(41)13-11-23-47(39)63(55,56)50-26-25-36-35-62-46-22-8-7-21-45(46)60-33-29-49-28-32-59-43-19-5-6-20-44(43)61-34-31-54(36)30-27-51-64(57,58)48-24-12-14-38-40(48)16-10-18-42(38)53(3)4/h5-24,36,49-51H,25-35H2,1-4H3. The number of hydrogen-bond acceptors (Lipinski definition) is 12. The highest BCUT2D eigenvalue weighted by atomic mass is 32.2. The number of rotatable bonds is 12. The Kier molecular flexibility index (Phi) is 15.5. The Labute approximate surface area is 377 Å². The highest BCUT2D eigenvalue weighted by molar-refractivity contribution is 7.90. The molecule has 16 heteroatoms. The average molecular weight is 911 g/mol. The SMILES string of the molecule is CN(C)c1cccc2c(S(=O)(=O)NCCC3COc4ccccc4OCCNCCOc4ccccc4OCCN3CCNS(=O)(=O)c3cccc4c(N(C)C)cccc34)cccc12. The van der Waals surface area contributed by atoms with E-state index in [0.29, 0.717) is 73.0 Å². The number of fused-ring (bicyclic) bond motifs is 4. The Morgan fingerprint density at radius 3 is 1.48 bits per heavy atom. The molecule has 0 spiro atoms. The van der Waals surface area contributed by atoms with Crippen LogP contribution < -0.4 is 43.5 Å². The molecular formula is C48H58N6O8S2. The summed E-state index contributed by atoms with van der Waals surface area (Å²) in [5, 5.41) is 6.22. The van der Waals surface area contributed by atoms with Gasteiger partial charge in [-0.2, -0.15) is 0 Å². The summed E-state index contributed by atoms with van der Waals surface area (Å²) in [5.74, 6) is 2.27. The first-order valence-electron chi connectivity index (χ1n) is 21.4. The molecule has 0 aliphatic carbocycles. The molecule has 3 N–H and O–H groups in total. The Balaban J connectivity index is 1.17. The quantitative estimate of drug-likeness (QED) is 0.133. The van der Waals surface area contributed by atoms with Crippen molar-refractivity contribution in [2.75, 3.05) is 104 Å². The van der Waals surface area contributed by atoms with Crippen LogP contribution in [0, 0.1) is 0 Å². The topological polar surface area (TPSA) is 151 Å². The first-order chi connectivity index (χ1) is 30.9. The van der Waals surface area contributed by atoms with Gasteiger partial charge in [0.05, 0.1) is 9.79 Å². The van der Waals surface area contributed by atoms with Crippen molar-refractivity contribution in [1.29, 1.82) is 0 Å². The van der Waals surface area contributed by atoms with Crippen LogP contribution in [0.2, 0.25) is 0 Å². The molecule has 0 aromatic heterocycles. The summed E-state index contributed by atoms with van der Waals surface area (Å²) in [7, 11) is -0.247. The second-order valence-electron chi connectivity index (χ2n) is 15.8. The molecule has 64 heavy (non-hydrogen) atoms. The third-order valence-electron chi connectivity index (χ3n) is 11.1. The second kappa shape index (κ2) is 21.4. The third kappa shape index (κ3) is 11.4. The lowest BCUT2D eigenvalue weighted by atomic mass is 10.1. The van der Waals surface area contributed by atoms with Gasteiger partial charge in [0.25, 0.3) is 0 Å². The van der Waals surface area contributed by atoms with Crippen molar-refractivity contribution >= 4 is 53.0 Å². The van der Waals surface area contributed by atoms with Gasteiger partial charge in [-0.25, -0.2) is 26.3 Å². The number of nitrogens with zero attached hydrogens (tertiary/aromatic N) is 3. The largest absolute Gasteiger partial charge is 0.488 e. The summed E-state index contributed by atoms with van der Waals surface area (Å²) in [4.78, 5) is 6.35. The van der Waals surface area contributed by atoms with Gasteiger partial charge in [0.1, 0.15) is 26.4 Å². The lowest BCUT2D eigenvalue weighted by molar-refractivity contribution is 0.109. The van der Waals surface area contributed by atoms with E-state index in [-0.39, 0.29) is 42.6 Å². The van der Waals surface area contributed by atoms with E-state index in [1.165, 1.54) is 0 Å². The molecule has 0 saturated heterocycles. The summed E-state index contributed by atoms with van der Waals surface area (Å²) < 4.78 is 87.1. The van der Waals surface area contributed by atoms with Crippen LogP contribution in [-0.2, 0) is 20.0 Å². The van der Waals surface area contributed by atoms with E-state index < -0.39 is 26.1 Å². The molecule has 0 fully saturated rings. The van der Waals surface area contributed by atoms with Crippen LogP contribution >= 0.6 is 0 Å². The zero-order chi connectivity index (χ0) is 45.1. The number of benzene rings is 6. The molecule has 6 aromatic carbocycles. The van der Waals surface area contributed by atoms with Crippen LogP contribution in [-0.4, -0.2) is 122 Å². The summed E-state index contributed by atoms with van der Waals surface area (Å²) >= 11 is 0. The summed E-state index contributed by atoms with van der Waals surface area (Å²) in [6.45, 7) is 3.01. The first kappa shape index (κ1) is 46.4. The monoisotopic (exact) mass is 910 g/mol. The van der Waals surface area contributed by atoms with Crippen LogP contribution in [0.25, 0.3) is 21.5 Å². The van der Waals surface area contributed by atoms with Crippen molar-refractivity contribution in [3.63, 3.8) is 0 Å². The fraction of sp³-hybridized carbons (Fsp3) is 0.333. The first-order valence-corrected chi connectivity index (χ1v) is 24.4. The molecule has 0 radical (unpaired) electrons. The smallest absolute Gasteiger partial charge is 0.241 e. The van der Waals surface area contributed by atoms with Crippen LogP contribution in [0.15, 0.2) is 131 Å². The van der Waals surface area contributed by atoms with E-state index >= 15 is 0 Å². The lowest BCUT2D eigenvalue weighted by Crippen LogP contribution is -2.47. The van der Waals surface area contributed by atoms with E-state index in [1.54, 1.807) is 24.3 Å². The van der Waals surface area contributed by atoms with Crippen LogP contribution in [0.1, 0.15) is 6.42 Å². The number of anilines is 2. The van der Waals surface area contributed by atoms with Crippen molar-refractivity contribution in [3.8, 4) is 23.0 Å². The summed E-state index contributed by atoms with van der Waals surface area (Å²) in [5.41, 5.74) is 1.82. The van der Waals surface area contributed by atoms with Gasteiger partial charge < -0.3 is 34.1 Å². The Hall–Kier alpha value is -5.62. The van der Waals surface area contributed by atoms with E-state index in [2.05, 4.69) is 19.7 Å². The molecule has 7 rings (SSSR count). The van der Waals surface area contributed by atoms with Gasteiger partial charge in [0, 0.05) is 106 Å². The molecule has 1 aliphatic heterocycles. The van der Waals surface area contributed by atoms with Crippen LogP contribution in [0.3, 0.4) is 0 Å². The van der Waals surface area contributed by atoms with Crippen molar-refractivity contribution in [3.05, 3.63) is 121 Å². The van der Waals surface area contributed by atoms with Gasteiger partial charge in [-0.3, -0.25) is 4.90 Å². The van der Waals surface area contributed by atoms with Crippen molar-refractivity contribution in [1.82, 2.24) is 19.7 Å². The number of ether oxygens (including phenoxy) is 4. The van der Waals surface area contributed by atoms with Crippen LogP contribution in [0.5, 0.6) is 23.0 Å². The third-order valence-corrected chi connectivity index (χ3v) is 14.1. The van der Waals surface area contributed by atoms with Crippen LogP contribution in [0.4, 0.5) is 11.4 Å². The maximum absolute atomic E-state index is 14.1. The second-order valence-corrected chi connectivity index (χ2v) is 19.3. The van der Waals surface area contributed by atoms with Gasteiger partial charge in [-0.05, 0) is 55.0 Å². The molecule has 0 bridgehead atoms. The number of hydrogen-bond donors (Lipinski definition) is 3. The van der Waals surface area contributed by atoms with Gasteiger partial charge in [-0.15, -0.1) is 0 Å². The van der Waals surface area contributed by atoms with E-state index in [4.69, 9.17) is 18.9 Å². The fourth-order valence-electron chi connectivity index (χ4n) is 7.89. The van der Waals surface area contributed by atoms with Crippen molar-refractivity contribution in [2.24, 2.45) is 0 Å². The van der Waals surface area contributed by atoms with Gasteiger partial charge in [-0.1, -0.05) is 72.8 Å². The van der Waals surface area contributed by atoms with Crippen molar-refractivity contribution < 1.29 is 35.8 Å². The van der Waals surface area contributed by atoms with E-state index in [0.717, 1.165) is 22.1 Å². The Bertz CT molecular complexity index is 2740. The molecule has 340 valence electrons. The Morgan fingerprint density at radius 1 is 0.547 bits per heavy atom. The molecule has 1 unspecified atom stereocenters. The molecule has 1 aliphatic rings. The number of sulfonamides is 2. The molecule has 1 heterocycles. The van der Waals surface area contributed by atoms with E-state index in [1.807, 2.05) is 135 Å². The molecule has 0 saturated carbocycles. The van der Waals surface area contributed by atoms with Crippen molar-refractivity contribution in [2.45, 2.75) is 22.3 Å². The fourth-order valence-corrected chi connectivity index (χ4v) is 10.4. The minimum Gasteiger partial charge on any atom is -0.488 e. The number of para-hydroxylation sites is 4. The highest BCUT2D eigenvalue weighted by Gasteiger charge is 2.25. The minimum atomic E-state index is -3.97. The molecule has 0 amide bonds. The molecular weight excluding hydrogens is 853 g/mol. The van der Waals surface area contributed by atoms with Gasteiger partial charge in [0.2, 0.25) is 20.0 Å². The van der Waals surface area contributed by atoms with Gasteiger partial charge in [0.15, 0.2) is 23.0 Å². The lowest BCUT2D eigenvalue weighted by Gasteiger charge is -2.32. The predicted molar refractivity (Wildman–Crippen MR) is 255 cm³/mol. The maximum Gasteiger partial charge on any atom is 0.241 e. The maximum atomic E-state index is 14.1. The normalized spacial score (nSPS) is 15.9.